The molecule has 0 heterocycles. The SMILES string of the molecule is C=C(C(=O)OCC)C(O)(c1ccccc1)C(F)(F)F. The van der Waals surface area contributed by atoms with Crippen molar-refractivity contribution in [2.75, 3.05) is 6.61 Å². The maximum Gasteiger partial charge on any atom is 0.426 e. The van der Waals surface area contributed by atoms with Gasteiger partial charge in [-0.2, -0.15) is 13.2 Å². The third kappa shape index (κ3) is 2.78. The Morgan fingerprint density at radius 2 is 1.84 bits per heavy atom. The zero-order chi connectivity index (χ0) is 14.7. The average Bonchev–Trinajstić information content (AvgIpc) is 2.37. The number of ether oxygens (including phenoxy) is 1. The second-order valence-corrected chi connectivity index (χ2v) is 3.77. The van der Waals surface area contributed by atoms with Gasteiger partial charge in [-0.25, -0.2) is 4.79 Å². The highest BCUT2D eigenvalue weighted by Gasteiger charge is 2.59. The molecule has 104 valence electrons. The molecule has 1 aromatic carbocycles. The molecule has 0 saturated carbocycles. The summed E-state index contributed by atoms with van der Waals surface area (Å²) in [6.45, 7) is 4.38. The molecule has 3 nitrogen and oxygen atoms in total. The number of hydrogen-bond donors (Lipinski definition) is 1. The monoisotopic (exact) mass is 274 g/mol. The predicted octanol–water partition coefficient (Wildman–Crippen LogP) is 2.56. The smallest absolute Gasteiger partial charge is 0.426 e. The number of benzene rings is 1. The van der Waals surface area contributed by atoms with Crippen LogP contribution in [-0.2, 0) is 15.1 Å². The van der Waals surface area contributed by atoms with Crippen molar-refractivity contribution in [2.24, 2.45) is 0 Å². The van der Waals surface area contributed by atoms with Crippen LogP contribution in [0.4, 0.5) is 13.2 Å². The quantitative estimate of drug-likeness (QED) is 0.678. The first-order chi connectivity index (χ1) is 8.75. The lowest BCUT2D eigenvalue weighted by Gasteiger charge is -2.31. The van der Waals surface area contributed by atoms with Gasteiger partial charge in [0.25, 0.3) is 0 Å². The molecule has 1 unspecified atom stereocenters. The van der Waals surface area contributed by atoms with E-state index in [1.54, 1.807) is 0 Å². The van der Waals surface area contributed by atoms with Crippen molar-refractivity contribution in [3.8, 4) is 0 Å². The summed E-state index contributed by atoms with van der Waals surface area (Å²) < 4.78 is 43.8. The number of carbonyl (C=O) groups is 1. The van der Waals surface area contributed by atoms with Gasteiger partial charge in [0.15, 0.2) is 0 Å². The molecule has 0 aromatic heterocycles. The fraction of sp³-hybridized carbons (Fsp3) is 0.308. The molecule has 0 bridgehead atoms. The van der Waals surface area contributed by atoms with Crippen molar-refractivity contribution < 1.29 is 27.8 Å². The van der Waals surface area contributed by atoms with Gasteiger partial charge in [-0.05, 0) is 12.5 Å². The summed E-state index contributed by atoms with van der Waals surface area (Å²) in [4.78, 5) is 11.4. The minimum atomic E-state index is -5.09. The summed E-state index contributed by atoms with van der Waals surface area (Å²) in [5, 5.41) is 9.96. The lowest BCUT2D eigenvalue weighted by Crippen LogP contribution is -2.46. The van der Waals surface area contributed by atoms with E-state index in [4.69, 9.17) is 0 Å². The van der Waals surface area contributed by atoms with Crippen LogP contribution in [0, 0.1) is 0 Å². The van der Waals surface area contributed by atoms with E-state index < -0.39 is 28.9 Å². The Labute approximate surface area is 108 Å². The van der Waals surface area contributed by atoms with Gasteiger partial charge in [0.1, 0.15) is 0 Å². The van der Waals surface area contributed by atoms with E-state index in [0.29, 0.717) is 0 Å². The average molecular weight is 274 g/mol. The van der Waals surface area contributed by atoms with E-state index in [2.05, 4.69) is 11.3 Å². The third-order valence-electron chi connectivity index (χ3n) is 2.56. The molecule has 19 heavy (non-hydrogen) atoms. The maximum absolute atomic E-state index is 13.1. The highest BCUT2D eigenvalue weighted by molar-refractivity contribution is 5.90. The van der Waals surface area contributed by atoms with Crippen LogP contribution in [0.3, 0.4) is 0 Å². The summed E-state index contributed by atoms with van der Waals surface area (Å²) in [6.07, 6.45) is -5.09. The first-order valence-electron chi connectivity index (χ1n) is 5.46. The first kappa shape index (κ1) is 15.2. The van der Waals surface area contributed by atoms with Gasteiger partial charge in [0, 0.05) is 0 Å². The van der Waals surface area contributed by atoms with Gasteiger partial charge in [0.2, 0.25) is 5.60 Å². The Morgan fingerprint density at radius 3 is 2.26 bits per heavy atom. The number of rotatable bonds is 4. The van der Waals surface area contributed by atoms with Crippen molar-refractivity contribution in [3.63, 3.8) is 0 Å². The van der Waals surface area contributed by atoms with Gasteiger partial charge in [-0.3, -0.25) is 0 Å². The predicted molar refractivity (Wildman–Crippen MR) is 62.2 cm³/mol. The zero-order valence-corrected chi connectivity index (χ0v) is 10.2. The van der Waals surface area contributed by atoms with Crippen LogP contribution in [0.15, 0.2) is 42.5 Å². The topological polar surface area (TPSA) is 46.5 Å². The van der Waals surface area contributed by atoms with Crippen molar-refractivity contribution in [1.29, 1.82) is 0 Å². The normalized spacial score (nSPS) is 14.6. The van der Waals surface area contributed by atoms with Gasteiger partial charge in [0.05, 0.1) is 12.2 Å². The van der Waals surface area contributed by atoms with Gasteiger partial charge in [-0.15, -0.1) is 0 Å². The molecule has 1 N–H and O–H groups in total. The third-order valence-corrected chi connectivity index (χ3v) is 2.56. The number of hydrogen-bond acceptors (Lipinski definition) is 3. The second kappa shape index (κ2) is 5.44. The molecule has 0 saturated heterocycles. The molecule has 0 fully saturated rings. The number of carbonyl (C=O) groups excluding carboxylic acids is 1. The fourth-order valence-electron chi connectivity index (χ4n) is 1.55. The fourth-order valence-corrected chi connectivity index (χ4v) is 1.55. The molecular weight excluding hydrogens is 261 g/mol. The molecule has 0 spiro atoms. The molecule has 1 rings (SSSR count). The Bertz CT molecular complexity index is 468. The van der Waals surface area contributed by atoms with Crippen LogP contribution in [0.2, 0.25) is 0 Å². The van der Waals surface area contributed by atoms with Crippen molar-refractivity contribution in [1.82, 2.24) is 0 Å². The lowest BCUT2D eigenvalue weighted by atomic mass is 9.86. The molecule has 0 aliphatic heterocycles. The van der Waals surface area contributed by atoms with Crippen LogP contribution in [0.25, 0.3) is 0 Å². The number of esters is 1. The number of alkyl halides is 3. The standard InChI is InChI=1S/C13H13F3O3/c1-3-19-11(17)9(2)12(18,13(14,15)16)10-7-5-4-6-8-10/h4-8,18H,2-3H2,1H3. The summed E-state index contributed by atoms with van der Waals surface area (Å²) in [5.41, 5.74) is -5.01. The molecule has 6 heteroatoms. The minimum Gasteiger partial charge on any atom is -0.463 e. The van der Waals surface area contributed by atoms with Crippen LogP contribution in [-0.4, -0.2) is 23.9 Å². The minimum absolute atomic E-state index is 0.111. The number of halogens is 3. The van der Waals surface area contributed by atoms with Gasteiger partial charge >= 0.3 is 12.1 Å². The van der Waals surface area contributed by atoms with Crippen molar-refractivity contribution >= 4 is 5.97 Å². The molecule has 0 aliphatic rings. The Hall–Kier alpha value is -1.82. The Kier molecular flexibility index (Phi) is 4.36. The summed E-state index contributed by atoms with van der Waals surface area (Å²) in [7, 11) is 0. The van der Waals surface area contributed by atoms with Gasteiger partial charge < -0.3 is 9.84 Å². The Morgan fingerprint density at radius 1 is 1.32 bits per heavy atom. The largest absolute Gasteiger partial charge is 0.463 e. The lowest BCUT2D eigenvalue weighted by molar-refractivity contribution is -0.251. The van der Waals surface area contributed by atoms with Crippen molar-refractivity contribution in [2.45, 2.75) is 18.7 Å². The Balaban J connectivity index is 3.31. The molecular formula is C13H13F3O3. The number of aliphatic hydroxyl groups is 1. The summed E-state index contributed by atoms with van der Waals surface area (Å²) in [5.74, 6) is -1.29. The van der Waals surface area contributed by atoms with Crippen molar-refractivity contribution in [3.05, 3.63) is 48.0 Å². The maximum atomic E-state index is 13.1. The van der Waals surface area contributed by atoms with E-state index in [1.807, 2.05) is 0 Å². The molecule has 1 atom stereocenters. The van der Waals surface area contributed by atoms with Crippen LogP contribution in [0.5, 0.6) is 0 Å². The highest BCUT2D eigenvalue weighted by atomic mass is 19.4. The van der Waals surface area contributed by atoms with Crippen LogP contribution in [0.1, 0.15) is 12.5 Å². The van der Waals surface area contributed by atoms with E-state index in [0.717, 1.165) is 12.1 Å². The molecule has 1 aromatic rings. The highest BCUT2D eigenvalue weighted by Crippen LogP contribution is 2.44. The summed E-state index contributed by atoms with van der Waals surface area (Å²) in [6, 6.07) is 6.28. The zero-order valence-electron chi connectivity index (χ0n) is 10.2. The van der Waals surface area contributed by atoms with Crippen LogP contribution < -0.4 is 0 Å². The van der Waals surface area contributed by atoms with E-state index in [-0.39, 0.29) is 6.61 Å². The second-order valence-electron chi connectivity index (χ2n) is 3.77. The first-order valence-corrected chi connectivity index (χ1v) is 5.46. The molecule has 0 radical (unpaired) electrons. The van der Waals surface area contributed by atoms with E-state index in [1.165, 1.54) is 25.1 Å². The van der Waals surface area contributed by atoms with E-state index in [9.17, 15) is 23.1 Å². The van der Waals surface area contributed by atoms with E-state index >= 15 is 0 Å². The van der Waals surface area contributed by atoms with Crippen LogP contribution >= 0.6 is 0 Å². The van der Waals surface area contributed by atoms with Gasteiger partial charge in [-0.1, -0.05) is 36.9 Å². The summed E-state index contributed by atoms with van der Waals surface area (Å²) >= 11 is 0. The molecule has 0 aliphatic carbocycles. The molecule has 0 amide bonds.